The van der Waals surface area contributed by atoms with E-state index in [-0.39, 0.29) is 17.7 Å². The normalized spacial score (nSPS) is 15.8. The molecule has 1 amide bonds. The Kier molecular flexibility index (Phi) is 7.75. The van der Waals surface area contributed by atoms with Gasteiger partial charge in [-0.15, -0.1) is 10.2 Å². The molecule has 3 N–H and O–H groups in total. The van der Waals surface area contributed by atoms with Crippen molar-refractivity contribution in [1.82, 2.24) is 20.8 Å². The Morgan fingerprint density at radius 2 is 1.94 bits per heavy atom. The van der Waals surface area contributed by atoms with E-state index in [9.17, 15) is 9.90 Å². The molecule has 4 rings (SSSR count). The van der Waals surface area contributed by atoms with Crippen molar-refractivity contribution in [1.29, 1.82) is 0 Å². The Hall–Kier alpha value is -3.45. The molecule has 1 aliphatic heterocycles. The summed E-state index contributed by atoms with van der Waals surface area (Å²) >= 11 is 0. The summed E-state index contributed by atoms with van der Waals surface area (Å²) in [6, 6.07) is 17.8. The van der Waals surface area contributed by atoms with Crippen molar-refractivity contribution in [3.63, 3.8) is 0 Å². The second-order valence-corrected chi connectivity index (χ2v) is 8.68. The molecule has 1 saturated heterocycles. The van der Waals surface area contributed by atoms with E-state index in [4.69, 9.17) is 0 Å². The van der Waals surface area contributed by atoms with Gasteiger partial charge >= 0.3 is 0 Å². The van der Waals surface area contributed by atoms with E-state index in [2.05, 4.69) is 50.9 Å². The number of piperazine rings is 1. The fraction of sp³-hybridized carbons (Fsp3) is 0.370. The topological polar surface area (TPSA) is 90.4 Å². The minimum atomic E-state index is -0.183. The number of hydrogen-bond donors (Lipinski definition) is 3. The number of carbonyl (C=O) groups excluding carboxylic acids is 1. The summed E-state index contributed by atoms with van der Waals surface area (Å²) in [6.45, 7) is 7.40. The van der Waals surface area contributed by atoms with Gasteiger partial charge in [0, 0.05) is 32.2 Å². The number of hydrogen-bond acceptors (Lipinski definition) is 6. The quantitative estimate of drug-likeness (QED) is 0.477. The van der Waals surface area contributed by atoms with E-state index < -0.39 is 0 Å². The first-order valence-electron chi connectivity index (χ1n) is 12.1. The third-order valence-electron chi connectivity index (χ3n) is 6.29. The number of aromatic hydroxyl groups is 1. The lowest BCUT2D eigenvalue weighted by molar-refractivity contribution is 0.0947. The highest BCUT2D eigenvalue weighted by molar-refractivity contribution is 5.92. The Morgan fingerprint density at radius 3 is 2.68 bits per heavy atom. The summed E-state index contributed by atoms with van der Waals surface area (Å²) in [5.41, 5.74) is 5.09. The number of aromatic nitrogens is 2. The van der Waals surface area contributed by atoms with E-state index in [0.717, 1.165) is 55.8 Å². The van der Waals surface area contributed by atoms with E-state index in [1.807, 2.05) is 25.1 Å². The second kappa shape index (κ2) is 11.1. The molecule has 178 valence electrons. The number of anilines is 1. The molecule has 0 spiro atoms. The molecule has 0 radical (unpaired) electrons. The van der Waals surface area contributed by atoms with E-state index in [1.165, 1.54) is 11.1 Å². The first kappa shape index (κ1) is 23.7. The SMILES string of the molecule is CCCNC(=O)c1ccc(N2CCNCC2Cc2ccc(-c3cccc(O)c3)cc2CC)nn1. The fourth-order valence-corrected chi connectivity index (χ4v) is 4.45. The van der Waals surface area contributed by atoms with Crippen LogP contribution in [0.1, 0.15) is 41.9 Å². The molecule has 2 heterocycles. The highest BCUT2D eigenvalue weighted by atomic mass is 16.3. The molecule has 0 bridgehead atoms. The second-order valence-electron chi connectivity index (χ2n) is 8.68. The maximum Gasteiger partial charge on any atom is 0.271 e. The lowest BCUT2D eigenvalue weighted by atomic mass is 9.93. The van der Waals surface area contributed by atoms with Gasteiger partial charge in [0.15, 0.2) is 11.5 Å². The largest absolute Gasteiger partial charge is 0.508 e. The third kappa shape index (κ3) is 5.54. The molecule has 7 nitrogen and oxygen atoms in total. The lowest BCUT2D eigenvalue weighted by Crippen LogP contribution is -2.52. The zero-order chi connectivity index (χ0) is 23.9. The smallest absolute Gasteiger partial charge is 0.271 e. The van der Waals surface area contributed by atoms with Crippen molar-refractivity contribution in [3.05, 3.63) is 71.4 Å². The summed E-state index contributed by atoms with van der Waals surface area (Å²) in [5.74, 6) is 0.892. The molecule has 7 heteroatoms. The van der Waals surface area contributed by atoms with Gasteiger partial charge in [0.25, 0.3) is 5.91 Å². The molecular formula is C27H33N5O2. The molecule has 1 aliphatic rings. The van der Waals surface area contributed by atoms with Crippen LogP contribution >= 0.6 is 0 Å². The van der Waals surface area contributed by atoms with Crippen LogP contribution < -0.4 is 15.5 Å². The highest BCUT2D eigenvalue weighted by Crippen LogP contribution is 2.27. The van der Waals surface area contributed by atoms with Gasteiger partial charge in [-0.3, -0.25) is 4.79 Å². The molecule has 1 fully saturated rings. The van der Waals surface area contributed by atoms with Crippen LogP contribution in [-0.2, 0) is 12.8 Å². The first-order chi connectivity index (χ1) is 16.6. The monoisotopic (exact) mass is 459 g/mol. The Labute approximate surface area is 201 Å². The minimum absolute atomic E-state index is 0.183. The van der Waals surface area contributed by atoms with Crippen molar-refractivity contribution in [2.24, 2.45) is 0 Å². The van der Waals surface area contributed by atoms with Gasteiger partial charge in [0.1, 0.15) is 5.75 Å². The van der Waals surface area contributed by atoms with Crippen LogP contribution in [0.5, 0.6) is 5.75 Å². The predicted molar refractivity (Wildman–Crippen MR) is 135 cm³/mol. The lowest BCUT2D eigenvalue weighted by Gasteiger charge is -2.37. The third-order valence-corrected chi connectivity index (χ3v) is 6.29. The molecule has 3 aromatic rings. The van der Waals surface area contributed by atoms with Gasteiger partial charge in [-0.2, -0.15) is 0 Å². The Balaban J connectivity index is 1.52. The maximum absolute atomic E-state index is 12.2. The summed E-state index contributed by atoms with van der Waals surface area (Å²) in [7, 11) is 0. The predicted octanol–water partition coefficient (Wildman–Crippen LogP) is 3.57. The number of aryl methyl sites for hydroxylation is 1. The summed E-state index contributed by atoms with van der Waals surface area (Å²) in [5, 5.41) is 24.8. The molecule has 1 unspecified atom stereocenters. The van der Waals surface area contributed by atoms with Crippen molar-refractivity contribution in [3.8, 4) is 16.9 Å². The first-order valence-corrected chi connectivity index (χ1v) is 12.1. The van der Waals surface area contributed by atoms with Crippen LogP contribution in [-0.4, -0.2) is 53.4 Å². The average molecular weight is 460 g/mol. The minimum Gasteiger partial charge on any atom is -0.508 e. The Bertz CT molecular complexity index is 1120. The summed E-state index contributed by atoms with van der Waals surface area (Å²) < 4.78 is 0. The molecule has 34 heavy (non-hydrogen) atoms. The highest BCUT2D eigenvalue weighted by Gasteiger charge is 2.25. The number of nitrogens with one attached hydrogen (secondary N) is 2. The number of phenols is 1. The van der Waals surface area contributed by atoms with Crippen molar-refractivity contribution in [2.45, 2.75) is 39.2 Å². The number of phenolic OH excluding ortho intramolecular Hbond substituents is 1. The number of nitrogens with zero attached hydrogens (tertiary/aromatic N) is 3. The molecular weight excluding hydrogens is 426 g/mol. The molecule has 0 saturated carbocycles. The standard InChI is InChI=1S/C27H33N5O2/c1-3-12-29-27(34)25-10-11-26(31-30-25)32-14-13-28-18-23(32)16-22-9-8-21(15-19(22)4-2)20-6-5-7-24(33)17-20/h5-11,15,17,23,28,33H,3-4,12-14,16,18H2,1-2H3,(H,29,34). The number of amides is 1. The number of carbonyl (C=O) groups is 1. The zero-order valence-corrected chi connectivity index (χ0v) is 19.9. The van der Waals surface area contributed by atoms with Gasteiger partial charge in [-0.1, -0.05) is 44.2 Å². The van der Waals surface area contributed by atoms with Crippen LogP contribution in [0.15, 0.2) is 54.6 Å². The molecule has 1 aromatic heterocycles. The van der Waals surface area contributed by atoms with Crippen LogP contribution in [0.4, 0.5) is 5.82 Å². The summed E-state index contributed by atoms with van der Waals surface area (Å²) in [4.78, 5) is 14.5. The number of rotatable bonds is 8. The van der Waals surface area contributed by atoms with Gasteiger partial charge < -0.3 is 20.6 Å². The van der Waals surface area contributed by atoms with Crippen molar-refractivity contribution >= 4 is 11.7 Å². The van der Waals surface area contributed by atoms with E-state index >= 15 is 0 Å². The molecule has 2 aromatic carbocycles. The molecule has 0 aliphatic carbocycles. The van der Waals surface area contributed by atoms with Crippen molar-refractivity contribution < 1.29 is 9.90 Å². The van der Waals surface area contributed by atoms with Crippen LogP contribution in [0.2, 0.25) is 0 Å². The number of benzene rings is 2. The van der Waals surface area contributed by atoms with Gasteiger partial charge in [0.05, 0.1) is 0 Å². The van der Waals surface area contributed by atoms with Crippen LogP contribution in [0, 0.1) is 0 Å². The van der Waals surface area contributed by atoms with E-state index in [1.54, 1.807) is 18.2 Å². The van der Waals surface area contributed by atoms with Crippen molar-refractivity contribution in [2.75, 3.05) is 31.1 Å². The van der Waals surface area contributed by atoms with Gasteiger partial charge in [0.2, 0.25) is 0 Å². The van der Waals surface area contributed by atoms with Gasteiger partial charge in [-0.05, 0) is 65.8 Å². The fourth-order valence-electron chi connectivity index (χ4n) is 4.45. The maximum atomic E-state index is 12.2. The average Bonchev–Trinajstić information content (AvgIpc) is 2.88. The zero-order valence-electron chi connectivity index (χ0n) is 19.9. The van der Waals surface area contributed by atoms with Crippen LogP contribution in [0.3, 0.4) is 0 Å². The Morgan fingerprint density at radius 1 is 1.09 bits per heavy atom. The van der Waals surface area contributed by atoms with E-state index in [0.29, 0.717) is 12.2 Å². The van der Waals surface area contributed by atoms with Gasteiger partial charge in [-0.25, -0.2) is 0 Å². The summed E-state index contributed by atoms with van der Waals surface area (Å²) in [6.07, 6.45) is 2.70. The van der Waals surface area contributed by atoms with Crippen LogP contribution in [0.25, 0.3) is 11.1 Å². The molecule has 1 atom stereocenters.